The van der Waals surface area contributed by atoms with Crippen LogP contribution in [0.3, 0.4) is 0 Å². The van der Waals surface area contributed by atoms with Gasteiger partial charge in [-0.25, -0.2) is 0 Å². The highest BCUT2D eigenvalue weighted by molar-refractivity contribution is 4.84. The maximum Gasteiger partial charge on any atom is 0.00795 e. The summed E-state index contributed by atoms with van der Waals surface area (Å²) in [7, 11) is 0. The van der Waals surface area contributed by atoms with E-state index >= 15 is 0 Å². The molecule has 94 valence electrons. The fourth-order valence-corrected chi connectivity index (χ4v) is 3.44. The Morgan fingerprint density at radius 1 is 1.12 bits per heavy atom. The van der Waals surface area contributed by atoms with Crippen molar-refractivity contribution in [2.24, 2.45) is 17.6 Å². The number of piperidine rings is 1. The van der Waals surface area contributed by atoms with Crippen LogP contribution >= 0.6 is 0 Å². The fraction of sp³-hybridized carbons (Fsp3) is 1.00. The third kappa shape index (κ3) is 3.21. The summed E-state index contributed by atoms with van der Waals surface area (Å²) < 4.78 is 0. The number of likely N-dealkylation sites (tertiary alicyclic amines) is 1. The van der Waals surface area contributed by atoms with Crippen LogP contribution in [0.4, 0.5) is 0 Å². The van der Waals surface area contributed by atoms with Crippen molar-refractivity contribution < 1.29 is 0 Å². The average molecular weight is 224 g/mol. The van der Waals surface area contributed by atoms with E-state index in [4.69, 9.17) is 5.73 Å². The third-order valence-corrected chi connectivity index (χ3v) is 4.67. The Balaban J connectivity index is 1.81. The van der Waals surface area contributed by atoms with Gasteiger partial charge in [0, 0.05) is 12.6 Å². The Labute approximate surface area is 101 Å². The first-order chi connectivity index (χ1) is 7.79. The molecule has 2 fully saturated rings. The molecule has 1 heterocycles. The minimum Gasteiger partial charge on any atom is -0.327 e. The Kier molecular flexibility index (Phi) is 4.66. The van der Waals surface area contributed by atoms with Crippen molar-refractivity contribution in [3.63, 3.8) is 0 Å². The largest absolute Gasteiger partial charge is 0.327 e. The monoisotopic (exact) mass is 224 g/mol. The average Bonchev–Trinajstić information content (AvgIpc) is 2.33. The molecular weight excluding hydrogens is 196 g/mol. The highest BCUT2D eigenvalue weighted by atomic mass is 15.1. The van der Waals surface area contributed by atoms with Crippen LogP contribution in [0.5, 0.6) is 0 Å². The lowest BCUT2D eigenvalue weighted by Gasteiger charge is -2.38. The number of hydrogen-bond acceptors (Lipinski definition) is 2. The van der Waals surface area contributed by atoms with E-state index in [1.165, 1.54) is 64.6 Å². The van der Waals surface area contributed by atoms with Crippen molar-refractivity contribution in [2.45, 2.75) is 57.9 Å². The summed E-state index contributed by atoms with van der Waals surface area (Å²) in [4.78, 5) is 2.66. The number of nitrogens with zero attached hydrogens (tertiary/aromatic N) is 1. The van der Waals surface area contributed by atoms with E-state index in [9.17, 15) is 0 Å². The van der Waals surface area contributed by atoms with Gasteiger partial charge in [0.2, 0.25) is 0 Å². The predicted octanol–water partition coefficient (Wildman–Crippen LogP) is 2.63. The maximum atomic E-state index is 6.29. The summed E-state index contributed by atoms with van der Waals surface area (Å²) in [6.07, 6.45) is 9.60. The summed E-state index contributed by atoms with van der Waals surface area (Å²) in [5.41, 5.74) is 6.29. The summed E-state index contributed by atoms with van der Waals surface area (Å²) in [6.45, 7) is 6.25. The Bertz CT molecular complexity index is 199. The van der Waals surface area contributed by atoms with E-state index in [1.54, 1.807) is 0 Å². The molecule has 2 rings (SSSR count). The van der Waals surface area contributed by atoms with Crippen LogP contribution in [0.2, 0.25) is 0 Å². The van der Waals surface area contributed by atoms with E-state index in [0.717, 1.165) is 11.8 Å². The van der Waals surface area contributed by atoms with Crippen LogP contribution in [-0.2, 0) is 0 Å². The Morgan fingerprint density at radius 3 is 2.56 bits per heavy atom. The molecule has 0 aromatic rings. The summed E-state index contributed by atoms with van der Waals surface area (Å²) in [6, 6.07) is 0.477. The van der Waals surface area contributed by atoms with E-state index in [-0.39, 0.29) is 0 Å². The summed E-state index contributed by atoms with van der Waals surface area (Å²) in [5.74, 6) is 1.73. The molecule has 3 unspecified atom stereocenters. The molecule has 1 saturated carbocycles. The minimum atomic E-state index is 0.477. The van der Waals surface area contributed by atoms with Gasteiger partial charge in [0.1, 0.15) is 0 Å². The molecule has 0 bridgehead atoms. The fourth-order valence-electron chi connectivity index (χ4n) is 3.44. The lowest BCUT2D eigenvalue weighted by molar-refractivity contribution is 0.138. The first-order valence-electron chi connectivity index (χ1n) is 7.27. The predicted molar refractivity (Wildman–Crippen MR) is 69.4 cm³/mol. The van der Waals surface area contributed by atoms with Gasteiger partial charge in [-0.2, -0.15) is 0 Å². The van der Waals surface area contributed by atoms with Crippen LogP contribution in [0.15, 0.2) is 0 Å². The van der Waals surface area contributed by atoms with Crippen molar-refractivity contribution >= 4 is 0 Å². The molecule has 0 radical (unpaired) electrons. The molecule has 1 aliphatic heterocycles. The second-order valence-electron chi connectivity index (χ2n) is 5.87. The highest BCUT2D eigenvalue weighted by Gasteiger charge is 2.28. The van der Waals surface area contributed by atoms with Gasteiger partial charge in [0.15, 0.2) is 0 Å². The molecule has 2 aliphatic rings. The van der Waals surface area contributed by atoms with Crippen LogP contribution in [0, 0.1) is 11.8 Å². The number of rotatable bonds is 3. The molecule has 0 aromatic carbocycles. The minimum absolute atomic E-state index is 0.477. The standard InChI is InChI=1S/C14H28N2/c1-2-12-6-7-14(15)13(10-12)11-16-8-4-3-5-9-16/h12-14H,2-11,15H2,1H3. The zero-order valence-corrected chi connectivity index (χ0v) is 10.8. The van der Waals surface area contributed by atoms with E-state index in [1.807, 2.05) is 0 Å². The Morgan fingerprint density at radius 2 is 1.88 bits per heavy atom. The molecule has 0 aromatic heterocycles. The van der Waals surface area contributed by atoms with Gasteiger partial charge in [0.25, 0.3) is 0 Å². The van der Waals surface area contributed by atoms with Crippen molar-refractivity contribution in [2.75, 3.05) is 19.6 Å². The van der Waals surface area contributed by atoms with Crippen LogP contribution in [0.25, 0.3) is 0 Å². The molecule has 1 saturated heterocycles. The van der Waals surface area contributed by atoms with Gasteiger partial charge >= 0.3 is 0 Å². The molecule has 1 aliphatic carbocycles. The van der Waals surface area contributed by atoms with Crippen molar-refractivity contribution in [1.82, 2.24) is 4.90 Å². The van der Waals surface area contributed by atoms with Gasteiger partial charge in [-0.1, -0.05) is 19.8 Å². The second kappa shape index (κ2) is 6.02. The van der Waals surface area contributed by atoms with E-state index in [0.29, 0.717) is 6.04 Å². The molecule has 2 heteroatoms. The van der Waals surface area contributed by atoms with Crippen molar-refractivity contribution in [3.8, 4) is 0 Å². The van der Waals surface area contributed by atoms with Gasteiger partial charge in [0.05, 0.1) is 0 Å². The van der Waals surface area contributed by atoms with Gasteiger partial charge < -0.3 is 10.6 Å². The van der Waals surface area contributed by atoms with Gasteiger partial charge in [-0.3, -0.25) is 0 Å². The van der Waals surface area contributed by atoms with E-state index < -0.39 is 0 Å². The molecule has 0 amide bonds. The third-order valence-electron chi connectivity index (χ3n) is 4.67. The zero-order valence-electron chi connectivity index (χ0n) is 10.8. The molecular formula is C14H28N2. The SMILES string of the molecule is CCC1CCC(N)C(CN2CCCCC2)C1. The molecule has 2 nitrogen and oxygen atoms in total. The maximum absolute atomic E-state index is 6.29. The second-order valence-corrected chi connectivity index (χ2v) is 5.87. The van der Waals surface area contributed by atoms with Crippen LogP contribution in [-0.4, -0.2) is 30.6 Å². The van der Waals surface area contributed by atoms with E-state index in [2.05, 4.69) is 11.8 Å². The molecule has 2 N–H and O–H groups in total. The lowest BCUT2D eigenvalue weighted by Crippen LogP contribution is -2.44. The zero-order chi connectivity index (χ0) is 11.4. The quantitative estimate of drug-likeness (QED) is 0.798. The van der Waals surface area contributed by atoms with Crippen molar-refractivity contribution in [1.29, 1.82) is 0 Å². The first-order valence-corrected chi connectivity index (χ1v) is 7.27. The highest BCUT2D eigenvalue weighted by Crippen LogP contribution is 2.31. The summed E-state index contributed by atoms with van der Waals surface area (Å²) in [5, 5.41) is 0. The van der Waals surface area contributed by atoms with Crippen LogP contribution < -0.4 is 5.73 Å². The Hall–Kier alpha value is -0.0800. The topological polar surface area (TPSA) is 29.3 Å². The molecule has 3 atom stereocenters. The van der Waals surface area contributed by atoms with Crippen molar-refractivity contribution in [3.05, 3.63) is 0 Å². The lowest BCUT2D eigenvalue weighted by atomic mass is 9.77. The molecule has 0 spiro atoms. The molecule has 16 heavy (non-hydrogen) atoms. The number of nitrogens with two attached hydrogens (primary N) is 1. The normalized spacial score (nSPS) is 37.5. The van der Waals surface area contributed by atoms with Gasteiger partial charge in [-0.15, -0.1) is 0 Å². The van der Waals surface area contributed by atoms with Gasteiger partial charge in [-0.05, 0) is 57.0 Å². The van der Waals surface area contributed by atoms with Crippen LogP contribution in [0.1, 0.15) is 51.9 Å². The smallest absolute Gasteiger partial charge is 0.00795 e. The number of hydrogen-bond donors (Lipinski definition) is 1. The summed E-state index contributed by atoms with van der Waals surface area (Å²) >= 11 is 0. The first kappa shape index (κ1) is 12.4.